The molecule has 228 valence electrons. The molecule has 3 aromatic carbocycles. The monoisotopic (exact) mass is 572 g/mol. The number of likely N-dealkylation sites (N-methyl/N-ethyl adjacent to an activating group) is 1. The van der Waals surface area contributed by atoms with Crippen molar-refractivity contribution < 1.29 is 4.79 Å². The topological polar surface area (TPSA) is 90.9 Å². The molecule has 4 rings (SSSR count). The largest absolute Gasteiger partial charge is 0.393 e. The first-order chi connectivity index (χ1) is 20.0. The number of carbonyl (C=O) groups excluding carboxylic acids is 1. The summed E-state index contributed by atoms with van der Waals surface area (Å²) in [7, 11) is 7.85. The van der Waals surface area contributed by atoms with Gasteiger partial charge in [-0.1, -0.05) is 91.7 Å². The third kappa shape index (κ3) is 10.3. The maximum Gasteiger partial charge on any atom is 0.271 e. The lowest BCUT2D eigenvalue weighted by molar-refractivity contribution is -0.126. The zero-order valence-electron chi connectivity index (χ0n) is 26.8. The fourth-order valence-electron chi connectivity index (χ4n) is 4.81. The summed E-state index contributed by atoms with van der Waals surface area (Å²) in [5.74, 6) is 6.80. The van der Waals surface area contributed by atoms with E-state index >= 15 is 0 Å². The molecule has 7 heteroatoms. The zero-order valence-corrected chi connectivity index (χ0v) is 26.8. The Balaban J connectivity index is 0.000000365. The Morgan fingerprint density at radius 2 is 1.48 bits per heavy atom. The van der Waals surface area contributed by atoms with Crippen LogP contribution in [-0.2, 0) is 4.79 Å². The van der Waals surface area contributed by atoms with Gasteiger partial charge in [-0.3, -0.25) is 9.80 Å². The van der Waals surface area contributed by atoms with Crippen molar-refractivity contribution in [1.82, 2.24) is 15.1 Å². The fourth-order valence-corrected chi connectivity index (χ4v) is 4.81. The number of carbonyl (C=O) groups is 1. The maximum absolute atomic E-state index is 12.9. The molecule has 1 amide bonds. The number of anilines is 1. The molecule has 5 N–H and O–H groups in total. The number of nitrogens with one attached hydrogen (secondary N) is 1. The number of nitrogens with zero attached hydrogens (tertiary/aromatic N) is 3. The Hall–Kier alpha value is -3.65. The molecule has 1 aliphatic rings. The maximum atomic E-state index is 12.9. The average Bonchev–Trinajstić information content (AvgIpc) is 3.44. The number of hydrazine groups is 1. The first-order valence-corrected chi connectivity index (χ1v) is 14.8. The van der Waals surface area contributed by atoms with Crippen LogP contribution in [0.1, 0.15) is 54.4 Å². The lowest BCUT2D eigenvalue weighted by atomic mass is 9.93. The van der Waals surface area contributed by atoms with Crippen LogP contribution in [-0.4, -0.2) is 63.0 Å². The highest BCUT2D eigenvalue weighted by Gasteiger charge is 2.37. The third-order valence-corrected chi connectivity index (χ3v) is 7.58. The van der Waals surface area contributed by atoms with Gasteiger partial charge in [0.15, 0.2) is 0 Å². The van der Waals surface area contributed by atoms with Crippen molar-refractivity contribution in [3.63, 3.8) is 0 Å². The van der Waals surface area contributed by atoms with Crippen molar-refractivity contribution in [1.29, 1.82) is 0 Å². The van der Waals surface area contributed by atoms with Gasteiger partial charge in [0.25, 0.3) is 5.91 Å². The predicted octanol–water partition coefficient (Wildman–Crippen LogP) is 5.38. The summed E-state index contributed by atoms with van der Waals surface area (Å²) in [5.41, 5.74) is 12.3. The van der Waals surface area contributed by atoms with Crippen molar-refractivity contribution >= 4 is 11.6 Å². The van der Waals surface area contributed by atoms with Crippen molar-refractivity contribution in [2.24, 2.45) is 11.6 Å². The SMILES string of the molecule is CCC(C)c1ccc(C)cc1.CNC.Cc1ccc([C@H]2CN(C(=O)/C(N)=C/N(N)c3ccccc3)CC2N(C)C)cc1. The lowest BCUT2D eigenvalue weighted by Crippen LogP contribution is -2.38. The lowest BCUT2D eigenvalue weighted by Gasteiger charge is -2.25. The van der Waals surface area contributed by atoms with Gasteiger partial charge in [0.1, 0.15) is 5.70 Å². The van der Waals surface area contributed by atoms with Gasteiger partial charge in [0.05, 0.1) is 5.69 Å². The predicted molar refractivity (Wildman–Crippen MR) is 178 cm³/mol. The van der Waals surface area contributed by atoms with E-state index in [1.807, 2.05) is 49.3 Å². The van der Waals surface area contributed by atoms with Gasteiger partial charge >= 0.3 is 0 Å². The number of amides is 1. The van der Waals surface area contributed by atoms with Crippen LogP contribution in [0.15, 0.2) is 90.8 Å². The van der Waals surface area contributed by atoms with Gasteiger partial charge in [-0.25, -0.2) is 5.84 Å². The zero-order chi connectivity index (χ0) is 31.2. The van der Waals surface area contributed by atoms with Gasteiger partial charge in [-0.2, -0.15) is 0 Å². The van der Waals surface area contributed by atoms with Gasteiger partial charge in [-0.15, -0.1) is 0 Å². The van der Waals surface area contributed by atoms with E-state index in [0.717, 1.165) is 5.69 Å². The minimum absolute atomic E-state index is 0.133. The molecule has 1 fully saturated rings. The molecule has 7 nitrogen and oxygen atoms in total. The molecular weight excluding hydrogens is 520 g/mol. The number of hydrogen-bond acceptors (Lipinski definition) is 6. The second-order valence-electron chi connectivity index (χ2n) is 11.3. The smallest absolute Gasteiger partial charge is 0.271 e. The fraction of sp³-hybridized carbons (Fsp3) is 0.400. The number of benzene rings is 3. The minimum atomic E-state index is -0.187. The van der Waals surface area contributed by atoms with Crippen molar-refractivity contribution in [2.75, 3.05) is 46.3 Å². The average molecular weight is 573 g/mol. The van der Waals surface area contributed by atoms with Crippen molar-refractivity contribution in [3.8, 4) is 0 Å². The summed E-state index contributed by atoms with van der Waals surface area (Å²) < 4.78 is 0. The summed E-state index contributed by atoms with van der Waals surface area (Å²) in [6, 6.07) is 27.0. The van der Waals surface area contributed by atoms with Crippen LogP contribution in [0.4, 0.5) is 5.69 Å². The summed E-state index contributed by atoms with van der Waals surface area (Å²) in [5, 5.41) is 4.13. The highest BCUT2D eigenvalue weighted by Crippen LogP contribution is 2.31. The molecule has 1 saturated heterocycles. The molecule has 0 radical (unpaired) electrons. The van der Waals surface area contributed by atoms with E-state index in [-0.39, 0.29) is 23.6 Å². The summed E-state index contributed by atoms with van der Waals surface area (Å²) in [4.78, 5) is 16.9. The Morgan fingerprint density at radius 1 is 0.952 bits per heavy atom. The van der Waals surface area contributed by atoms with Crippen molar-refractivity contribution in [2.45, 2.75) is 52.0 Å². The van der Waals surface area contributed by atoms with Crippen LogP contribution < -0.4 is 21.9 Å². The van der Waals surface area contributed by atoms with Gasteiger partial charge in [0.2, 0.25) is 0 Å². The van der Waals surface area contributed by atoms with E-state index in [1.165, 1.54) is 39.9 Å². The highest BCUT2D eigenvalue weighted by atomic mass is 16.2. The number of rotatable bonds is 7. The van der Waals surface area contributed by atoms with Crippen LogP contribution in [0, 0.1) is 13.8 Å². The van der Waals surface area contributed by atoms with E-state index in [1.54, 1.807) is 0 Å². The molecule has 3 aromatic rings. The normalized spacial score (nSPS) is 17.1. The summed E-state index contributed by atoms with van der Waals surface area (Å²) in [6.07, 6.45) is 2.71. The van der Waals surface area contributed by atoms with Gasteiger partial charge in [-0.05, 0) is 77.6 Å². The Kier molecular flexibility index (Phi) is 14.3. The van der Waals surface area contributed by atoms with Crippen LogP contribution in [0.25, 0.3) is 0 Å². The molecule has 0 bridgehead atoms. The minimum Gasteiger partial charge on any atom is -0.393 e. The second kappa shape index (κ2) is 17.3. The molecule has 0 spiro atoms. The van der Waals surface area contributed by atoms with E-state index in [4.69, 9.17) is 11.6 Å². The molecule has 3 atom stereocenters. The van der Waals surface area contributed by atoms with E-state index in [9.17, 15) is 4.79 Å². The molecule has 0 aliphatic carbocycles. The highest BCUT2D eigenvalue weighted by molar-refractivity contribution is 5.93. The van der Waals surface area contributed by atoms with Crippen LogP contribution in [0.3, 0.4) is 0 Å². The Morgan fingerprint density at radius 3 is 1.98 bits per heavy atom. The first kappa shape index (κ1) is 34.6. The number of hydrogen-bond donors (Lipinski definition) is 3. The van der Waals surface area contributed by atoms with Crippen LogP contribution in [0.2, 0.25) is 0 Å². The number of para-hydroxylation sites is 1. The molecule has 1 heterocycles. The van der Waals surface area contributed by atoms with Crippen LogP contribution >= 0.6 is 0 Å². The molecule has 42 heavy (non-hydrogen) atoms. The van der Waals surface area contributed by atoms with E-state index in [2.05, 4.69) is 101 Å². The Labute approximate surface area is 254 Å². The number of nitrogens with two attached hydrogens (primary N) is 2. The molecule has 0 aromatic heterocycles. The molecule has 2 unspecified atom stereocenters. The van der Waals surface area contributed by atoms with Crippen LogP contribution in [0.5, 0.6) is 0 Å². The standard InChI is InChI=1S/C22H29N5O.C11H16.C2H7N/c1-16-9-11-17(12-10-16)19-13-26(15-21(19)25(2)3)22(28)20(23)14-27(24)18-7-5-4-6-8-18;1-4-10(3)11-7-5-9(2)6-8-11;1-3-2/h4-12,14,19,21H,13,15,23-24H2,1-3H3;5-8,10H,4H2,1-3H3;3H,1-2H3/b20-14-;;/t19-,21?;;/m1../s1. The van der Waals surface area contributed by atoms with Crippen molar-refractivity contribution in [3.05, 3.63) is 113 Å². The van der Waals surface area contributed by atoms with Gasteiger partial charge in [0, 0.05) is 31.2 Å². The molecule has 0 saturated carbocycles. The van der Waals surface area contributed by atoms with E-state index < -0.39 is 0 Å². The van der Waals surface area contributed by atoms with E-state index in [0.29, 0.717) is 19.0 Å². The summed E-state index contributed by atoms with van der Waals surface area (Å²) >= 11 is 0. The Bertz CT molecular complexity index is 1220. The second-order valence-corrected chi connectivity index (χ2v) is 11.3. The third-order valence-electron chi connectivity index (χ3n) is 7.58. The number of aryl methyl sites for hydroxylation is 2. The molecular formula is C35H52N6O. The first-order valence-electron chi connectivity index (χ1n) is 14.8. The quantitative estimate of drug-likeness (QED) is 0.200. The van der Waals surface area contributed by atoms with Gasteiger partial charge < -0.3 is 20.9 Å². The molecule has 1 aliphatic heterocycles. The number of likely N-dealkylation sites (tertiary alicyclic amines) is 1. The summed E-state index contributed by atoms with van der Waals surface area (Å²) in [6.45, 7) is 9.97.